The molecular formula is C29H48O3. The van der Waals surface area contributed by atoms with E-state index >= 15 is 0 Å². The van der Waals surface area contributed by atoms with Gasteiger partial charge in [0.15, 0.2) is 0 Å². The molecule has 3 saturated carbocycles. The van der Waals surface area contributed by atoms with Crippen molar-refractivity contribution in [3.05, 3.63) is 23.8 Å². The Balaban J connectivity index is 1.60. The van der Waals surface area contributed by atoms with Crippen LogP contribution in [0.15, 0.2) is 23.8 Å². The van der Waals surface area contributed by atoms with Gasteiger partial charge < -0.3 is 15.3 Å². The second kappa shape index (κ2) is 8.54. The minimum atomic E-state index is -1.20. The van der Waals surface area contributed by atoms with E-state index in [1.54, 1.807) is 0 Å². The lowest BCUT2D eigenvalue weighted by Gasteiger charge is -2.62. The number of hydrogen-bond donors (Lipinski definition) is 3. The number of allylic oxidation sites excluding steroid dienone is 3. The van der Waals surface area contributed by atoms with Crippen LogP contribution in [-0.2, 0) is 0 Å². The Bertz CT molecular complexity index is 756. The summed E-state index contributed by atoms with van der Waals surface area (Å²) in [6.45, 7) is 14.1. The highest BCUT2D eigenvalue weighted by Gasteiger charge is 2.64. The van der Waals surface area contributed by atoms with Crippen LogP contribution < -0.4 is 0 Å². The van der Waals surface area contributed by atoms with Crippen molar-refractivity contribution in [2.24, 2.45) is 46.3 Å². The molecule has 3 fully saturated rings. The van der Waals surface area contributed by atoms with E-state index in [-0.39, 0.29) is 10.8 Å². The van der Waals surface area contributed by atoms with E-state index in [0.717, 1.165) is 19.3 Å². The van der Waals surface area contributed by atoms with Crippen molar-refractivity contribution in [2.75, 3.05) is 0 Å². The van der Waals surface area contributed by atoms with Gasteiger partial charge in [-0.3, -0.25) is 0 Å². The van der Waals surface area contributed by atoms with Gasteiger partial charge in [-0.15, -0.1) is 0 Å². The molecule has 3 heteroatoms. The summed E-state index contributed by atoms with van der Waals surface area (Å²) in [5, 5.41) is 33.0. The molecule has 0 radical (unpaired) electrons. The predicted octanol–water partition coefficient (Wildman–Crippen LogP) is 5.89. The summed E-state index contributed by atoms with van der Waals surface area (Å²) in [4.78, 5) is 0. The van der Waals surface area contributed by atoms with Gasteiger partial charge in [-0.25, -0.2) is 0 Å². The first kappa shape index (κ1) is 24.5. The van der Waals surface area contributed by atoms with Crippen LogP contribution in [0.2, 0.25) is 0 Å². The van der Waals surface area contributed by atoms with Crippen LogP contribution in [0.25, 0.3) is 0 Å². The highest BCUT2D eigenvalue weighted by molar-refractivity contribution is 5.33. The summed E-state index contributed by atoms with van der Waals surface area (Å²) in [5.74, 6) is 3.44. The molecule has 0 saturated heterocycles. The van der Waals surface area contributed by atoms with Gasteiger partial charge in [0.05, 0.1) is 6.10 Å². The Kier molecular flexibility index (Phi) is 6.53. The average Bonchev–Trinajstić information content (AvgIpc) is 3.08. The monoisotopic (exact) mass is 444 g/mol. The largest absolute Gasteiger partial charge is 0.393 e. The molecule has 182 valence electrons. The molecule has 0 heterocycles. The van der Waals surface area contributed by atoms with E-state index < -0.39 is 17.8 Å². The molecule has 4 aliphatic rings. The lowest BCUT2D eigenvalue weighted by atomic mass is 9.45. The minimum Gasteiger partial charge on any atom is -0.393 e. The fourth-order valence-corrected chi connectivity index (χ4v) is 8.73. The van der Waals surface area contributed by atoms with E-state index in [2.05, 4.69) is 53.7 Å². The normalized spacial score (nSPS) is 48.2. The molecule has 4 rings (SSSR count). The maximum atomic E-state index is 11.6. The first-order chi connectivity index (χ1) is 15.0. The zero-order chi connectivity index (χ0) is 23.5. The molecule has 0 bridgehead atoms. The molecule has 0 aliphatic heterocycles. The highest BCUT2D eigenvalue weighted by Crippen LogP contribution is 2.67. The third kappa shape index (κ3) is 3.57. The van der Waals surface area contributed by atoms with Crippen molar-refractivity contribution in [2.45, 2.75) is 111 Å². The first-order valence-corrected chi connectivity index (χ1v) is 13.5. The lowest BCUT2D eigenvalue weighted by Crippen LogP contribution is -2.65. The number of aliphatic hydroxyl groups excluding tert-OH is 2. The maximum absolute atomic E-state index is 11.6. The van der Waals surface area contributed by atoms with Gasteiger partial charge in [-0.05, 0) is 85.9 Å². The highest BCUT2D eigenvalue weighted by atomic mass is 16.3. The van der Waals surface area contributed by atoms with Gasteiger partial charge in [0.2, 0.25) is 0 Å². The zero-order valence-electron chi connectivity index (χ0n) is 21.3. The lowest BCUT2D eigenvalue weighted by molar-refractivity contribution is -0.210. The summed E-state index contributed by atoms with van der Waals surface area (Å²) in [5.41, 5.74) is 0.159. The molecular weight excluding hydrogens is 396 g/mol. The standard InChI is InChI=1S/C29H48O3/c1-7-20(18(2)3)9-8-19(4)23-10-11-24-22-16-26(31)29(32)17-21(30)12-15-28(29,6)25(22)13-14-27(23,24)5/h8-9,16,18-21,23-26,30-32H,7,10-15,17H2,1-6H3/b9-8+/t19-,20-,21+,23-,24-,25+,26-,27-,28-,29+/m1/s1. The summed E-state index contributed by atoms with van der Waals surface area (Å²) in [6.07, 6.45) is 13.4. The van der Waals surface area contributed by atoms with Gasteiger partial charge >= 0.3 is 0 Å². The van der Waals surface area contributed by atoms with E-state index in [9.17, 15) is 15.3 Å². The fraction of sp³-hybridized carbons (Fsp3) is 0.862. The molecule has 0 aromatic carbocycles. The Morgan fingerprint density at radius 3 is 2.38 bits per heavy atom. The second-order valence-corrected chi connectivity index (χ2v) is 12.7. The number of aliphatic hydroxyl groups is 3. The zero-order valence-corrected chi connectivity index (χ0v) is 21.3. The van der Waals surface area contributed by atoms with E-state index in [0.29, 0.717) is 41.9 Å². The Morgan fingerprint density at radius 1 is 1.00 bits per heavy atom. The Labute approximate surface area is 196 Å². The molecule has 3 nitrogen and oxygen atoms in total. The predicted molar refractivity (Wildman–Crippen MR) is 131 cm³/mol. The van der Waals surface area contributed by atoms with Crippen LogP contribution in [0.1, 0.15) is 92.9 Å². The van der Waals surface area contributed by atoms with Crippen LogP contribution in [-0.4, -0.2) is 33.1 Å². The molecule has 0 amide bonds. The SMILES string of the molecule is CC[C@H](/C=C/[C@@H](C)[C@H]1CC[C@@H]2C3=C[C@@H](O)[C@@]4(O)C[C@@H](O)CC[C@]4(C)[C@H]3CC[C@@]21C)C(C)C. The van der Waals surface area contributed by atoms with Crippen molar-refractivity contribution >= 4 is 0 Å². The van der Waals surface area contributed by atoms with Gasteiger partial charge in [0.25, 0.3) is 0 Å². The third-order valence-electron chi connectivity index (χ3n) is 11.0. The van der Waals surface area contributed by atoms with Crippen LogP contribution in [0, 0.1) is 46.3 Å². The molecule has 32 heavy (non-hydrogen) atoms. The van der Waals surface area contributed by atoms with Crippen molar-refractivity contribution < 1.29 is 15.3 Å². The van der Waals surface area contributed by atoms with Crippen LogP contribution >= 0.6 is 0 Å². The minimum absolute atomic E-state index is 0.269. The number of fused-ring (bicyclic) bond motifs is 5. The summed E-state index contributed by atoms with van der Waals surface area (Å²) in [6, 6.07) is 0. The molecule has 4 aliphatic carbocycles. The topological polar surface area (TPSA) is 60.7 Å². The Morgan fingerprint density at radius 2 is 1.72 bits per heavy atom. The molecule has 0 aromatic rings. The smallest absolute Gasteiger partial charge is 0.102 e. The van der Waals surface area contributed by atoms with Crippen LogP contribution in [0.4, 0.5) is 0 Å². The summed E-state index contributed by atoms with van der Waals surface area (Å²) in [7, 11) is 0. The van der Waals surface area contributed by atoms with Crippen molar-refractivity contribution in [3.63, 3.8) is 0 Å². The fourth-order valence-electron chi connectivity index (χ4n) is 8.73. The number of hydrogen-bond acceptors (Lipinski definition) is 3. The second-order valence-electron chi connectivity index (χ2n) is 12.7. The van der Waals surface area contributed by atoms with Crippen molar-refractivity contribution in [1.82, 2.24) is 0 Å². The molecule has 3 N–H and O–H groups in total. The number of rotatable bonds is 5. The van der Waals surface area contributed by atoms with Gasteiger partial charge in [0.1, 0.15) is 11.7 Å². The molecule has 10 atom stereocenters. The van der Waals surface area contributed by atoms with Gasteiger partial charge in [0, 0.05) is 11.8 Å². The third-order valence-corrected chi connectivity index (χ3v) is 11.0. The molecule has 0 unspecified atom stereocenters. The van der Waals surface area contributed by atoms with Crippen LogP contribution in [0.3, 0.4) is 0 Å². The average molecular weight is 445 g/mol. The Hall–Kier alpha value is -0.640. The first-order valence-electron chi connectivity index (χ1n) is 13.5. The van der Waals surface area contributed by atoms with E-state index in [4.69, 9.17) is 0 Å². The summed E-state index contributed by atoms with van der Waals surface area (Å²) >= 11 is 0. The molecule has 0 aromatic heterocycles. The maximum Gasteiger partial charge on any atom is 0.102 e. The summed E-state index contributed by atoms with van der Waals surface area (Å²) < 4.78 is 0. The molecule has 0 spiro atoms. The van der Waals surface area contributed by atoms with Gasteiger partial charge in [-0.2, -0.15) is 0 Å². The van der Waals surface area contributed by atoms with Crippen LogP contribution in [0.5, 0.6) is 0 Å². The quantitative estimate of drug-likeness (QED) is 0.464. The van der Waals surface area contributed by atoms with Gasteiger partial charge in [-0.1, -0.05) is 65.3 Å². The van der Waals surface area contributed by atoms with Crippen molar-refractivity contribution in [1.29, 1.82) is 0 Å². The van der Waals surface area contributed by atoms with E-state index in [1.165, 1.54) is 31.3 Å². The van der Waals surface area contributed by atoms with E-state index in [1.807, 2.05) is 6.08 Å². The van der Waals surface area contributed by atoms with Crippen molar-refractivity contribution in [3.8, 4) is 0 Å².